The van der Waals surface area contributed by atoms with E-state index in [4.69, 9.17) is 0 Å². The van der Waals surface area contributed by atoms with Crippen LogP contribution in [0.4, 0.5) is 5.69 Å². The molecular formula is C15H9BrN2O2. The topological polar surface area (TPSA) is 66.9 Å². The maximum absolute atomic E-state index is 10.8. The second kappa shape index (κ2) is 6.13. The first kappa shape index (κ1) is 14.0. The van der Waals surface area contributed by atoms with Crippen molar-refractivity contribution < 1.29 is 4.92 Å². The molecule has 0 radical (unpaired) electrons. The van der Waals surface area contributed by atoms with Crippen LogP contribution in [0.2, 0.25) is 0 Å². The minimum Gasteiger partial charge on any atom is -0.258 e. The molecule has 4 nitrogen and oxygen atoms in total. The summed E-state index contributed by atoms with van der Waals surface area (Å²) >= 11 is 3.36. The summed E-state index contributed by atoms with van der Waals surface area (Å²) in [4.78, 5) is 10.3. The second-order valence-corrected chi connectivity index (χ2v) is 4.95. The molecule has 0 saturated heterocycles. The van der Waals surface area contributed by atoms with Crippen molar-refractivity contribution in [2.75, 3.05) is 0 Å². The van der Waals surface area contributed by atoms with E-state index in [1.165, 1.54) is 12.1 Å². The van der Waals surface area contributed by atoms with Crippen molar-refractivity contribution in [3.05, 3.63) is 74.2 Å². The van der Waals surface area contributed by atoms with Gasteiger partial charge in [-0.3, -0.25) is 10.1 Å². The molecule has 0 aliphatic carbocycles. The Morgan fingerprint density at radius 3 is 2.65 bits per heavy atom. The van der Waals surface area contributed by atoms with Crippen LogP contribution >= 0.6 is 15.9 Å². The lowest BCUT2D eigenvalue weighted by atomic mass is 10.0. The number of allylic oxidation sites excluding steroid dienone is 1. The molecule has 0 atom stereocenters. The lowest BCUT2D eigenvalue weighted by Crippen LogP contribution is -1.89. The molecule has 0 unspecified atom stereocenters. The van der Waals surface area contributed by atoms with Crippen molar-refractivity contribution in [3.63, 3.8) is 0 Å². The third-order valence-electron chi connectivity index (χ3n) is 2.65. The minimum atomic E-state index is -0.475. The van der Waals surface area contributed by atoms with Gasteiger partial charge in [0.1, 0.15) is 0 Å². The molecule has 0 N–H and O–H groups in total. The molecule has 0 spiro atoms. The van der Waals surface area contributed by atoms with E-state index in [0.717, 1.165) is 10.0 Å². The predicted octanol–water partition coefficient (Wildman–Crippen LogP) is 4.42. The maximum atomic E-state index is 10.8. The molecular weight excluding hydrogens is 320 g/mol. The minimum absolute atomic E-state index is 0.0297. The third-order valence-corrected chi connectivity index (χ3v) is 3.14. The van der Waals surface area contributed by atoms with E-state index < -0.39 is 4.92 Å². The highest BCUT2D eigenvalue weighted by Crippen LogP contribution is 2.23. The molecule has 0 fully saturated rings. The van der Waals surface area contributed by atoms with Gasteiger partial charge in [-0.1, -0.05) is 40.2 Å². The first-order chi connectivity index (χ1) is 9.60. The van der Waals surface area contributed by atoms with Crippen LogP contribution in [0.25, 0.3) is 11.6 Å². The number of nitro groups is 1. The van der Waals surface area contributed by atoms with Gasteiger partial charge in [-0.2, -0.15) is 5.26 Å². The van der Waals surface area contributed by atoms with E-state index in [1.54, 1.807) is 18.2 Å². The molecule has 0 saturated carbocycles. The average molecular weight is 329 g/mol. The zero-order chi connectivity index (χ0) is 14.5. The van der Waals surface area contributed by atoms with Crippen LogP contribution in [-0.2, 0) is 0 Å². The third kappa shape index (κ3) is 3.31. The average Bonchev–Trinajstić information content (AvgIpc) is 2.45. The lowest BCUT2D eigenvalue weighted by Gasteiger charge is -2.00. The molecule has 0 aromatic heterocycles. The number of nitro benzene ring substituents is 1. The highest BCUT2D eigenvalue weighted by atomic mass is 79.9. The number of halogens is 1. The van der Waals surface area contributed by atoms with Gasteiger partial charge < -0.3 is 0 Å². The zero-order valence-electron chi connectivity index (χ0n) is 10.3. The number of hydrogen-bond acceptors (Lipinski definition) is 3. The molecule has 0 bridgehead atoms. The van der Waals surface area contributed by atoms with Crippen molar-refractivity contribution >= 4 is 33.3 Å². The molecule has 0 amide bonds. The van der Waals surface area contributed by atoms with Crippen LogP contribution in [0.5, 0.6) is 0 Å². The summed E-state index contributed by atoms with van der Waals surface area (Å²) < 4.78 is 0.905. The number of rotatable bonds is 3. The lowest BCUT2D eigenvalue weighted by molar-refractivity contribution is -0.384. The Labute approximate surface area is 124 Å². The van der Waals surface area contributed by atoms with Crippen molar-refractivity contribution in [2.45, 2.75) is 0 Å². The van der Waals surface area contributed by atoms with Gasteiger partial charge in [0.2, 0.25) is 0 Å². The van der Waals surface area contributed by atoms with E-state index in [0.29, 0.717) is 11.1 Å². The Kier molecular flexibility index (Phi) is 4.28. The first-order valence-electron chi connectivity index (χ1n) is 5.72. The largest absolute Gasteiger partial charge is 0.270 e. The highest BCUT2D eigenvalue weighted by molar-refractivity contribution is 9.10. The predicted molar refractivity (Wildman–Crippen MR) is 80.7 cm³/mol. The molecule has 2 rings (SSSR count). The van der Waals surface area contributed by atoms with Gasteiger partial charge in [-0.05, 0) is 29.3 Å². The fourth-order valence-corrected chi connectivity index (χ4v) is 2.15. The van der Waals surface area contributed by atoms with Crippen molar-refractivity contribution in [2.24, 2.45) is 0 Å². The van der Waals surface area contributed by atoms with E-state index in [9.17, 15) is 15.4 Å². The number of nitrogens with zero attached hydrogens (tertiary/aromatic N) is 2. The van der Waals surface area contributed by atoms with Crippen LogP contribution in [0.1, 0.15) is 11.1 Å². The van der Waals surface area contributed by atoms with Crippen LogP contribution in [0, 0.1) is 21.4 Å². The van der Waals surface area contributed by atoms with Gasteiger partial charge in [0, 0.05) is 16.6 Å². The summed E-state index contributed by atoms with van der Waals surface area (Å²) in [7, 11) is 0. The molecule has 20 heavy (non-hydrogen) atoms. The van der Waals surface area contributed by atoms with E-state index in [2.05, 4.69) is 22.0 Å². The second-order valence-electron chi connectivity index (χ2n) is 4.03. The molecule has 0 heterocycles. The van der Waals surface area contributed by atoms with E-state index in [-0.39, 0.29) is 5.69 Å². The van der Waals surface area contributed by atoms with Crippen LogP contribution in [-0.4, -0.2) is 4.92 Å². The number of hydrogen-bond donors (Lipinski definition) is 0. The molecule has 98 valence electrons. The smallest absolute Gasteiger partial charge is 0.258 e. The summed E-state index contributed by atoms with van der Waals surface area (Å²) in [6.07, 6.45) is 1.70. The summed E-state index contributed by atoms with van der Waals surface area (Å²) in [6, 6.07) is 15.6. The number of benzene rings is 2. The number of nitriles is 1. The Balaban J connectivity index is 2.45. The molecule has 5 heteroatoms. The van der Waals surface area contributed by atoms with Crippen molar-refractivity contribution in [1.29, 1.82) is 5.26 Å². The van der Waals surface area contributed by atoms with Crippen molar-refractivity contribution in [1.82, 2.24) is 0 Å². The van der Waals surface area contributed by atoms with Crippen LogP contribution in [0.3, 0.4) is 0 Å². The van der Waals surface area contributed by atoms with Gasteiger partial charge in [0.25, 0.3) is 5.69 Å². The van der Waals surface area contributed by atoms with Crippen LogP contribution in [0.15, 0.2) is 53.0 Å². The van der Waals surface area contributed by atoms with Crippen molar-refractivity contribution in [3.8, 4) is 6.07 Å². The normalized spacial score (nSPS) is 10.9. The fourth-order valence-electron chi connectivity index (χ4n) is 1.73. The van der Waals surface area contributed by atoms with E-state index in [1.807, 2.05) is 24.3 Å². The highest BCUT2D eigenvalue weighted by Gasteiger charge is 2.08. The molecule has 0 aliphatic rings. The summed E-state index contributed by atoms with van der Waals surface area (Å²) in [6.45, 7) is 0. The fraction of sp³-hybridized carbons (Fsp3) is 0. The Hall–Kier alpha value is -2.45. The summed E-state index contributed by atoms with van der Waals surface area (Å²) in [5.74, 6) is 0. The summed E-state index contributed by atoms with van der Waals surface area (Å²) in [5, 5.41) is 20.0. The Bertz CT molecular complexity index is 733. The quantitative estimate of drug-likeness (QED) is 0.362. The van der Waals surface area contributed by atoms with Gasteiger partial charge in [0.05, 0.1) is 16.6 Å². The monoisotopic (exact) mass is 328 g/mol. The van der Waals surface area contributed by atoms with Gasteiger partial charge in [0.15, 0.2) is 0 Å². The number of non-ortho nitro benzene ring substituents is 1. The SMILES string of the molecule is N#CC(=Cc1cccc(Br)c1)c1cccc([N+](=O)[O-])c1. The Morgan fingerprint density at radius 1 is 1.25 bits per heavy atom. The molecule has 0 aliphatic heterocycles. The summed E-state index contributed by atoms with van der Waals surface area (Å²) in [5.41, 5.74) is 1.73. The molecule has 2 aromatic carbocycles. The standard InChI is InChI=1S/C15H9BrN2O2/c16-14-5-1-3-11(8-14)7-13(10-17)12-4-2-6-15(9-12)18(19)20/h1-9H. The Morgan fingerprint density at radius 2 is 2.00 bits per heavy atom. The molecule has 2 aromatic rings. The first-order valence-corrected chi connectivity index (χ1v) is 6.51. The zero-order valence-corrected chi connectivity index (χ0v) is 11.9. The van der Waals surface area contributed by atoms with Crippen LogP contribution < -0.4 is 0 Å². The van der Waals surface area contributed by atoms with E-state index >= 15 is 0 Å². The van der Waals surface area contributed by atoms with Gasteiger partial charge in [-0.15, -0.1) is 0 Å². The maximum Gasteiger partial charge on any atom is 0.270 e. The van der Waals surface area contributed by atoms with Gasteiger partial charge in [-0.25, -0.2) is 0 Å². The van der Waals surface area contributed by atoms with Gasteiger partial charge >= 0.3 is 0 Å².